The van der Waals surface area contributed by atoms with Crippen molar-refractivity contribution in [2.75, 3.05) is 6.54 Å². The normalized spacial score (nSPS) is 18.6. The van der Waals surface area contributed by atoms with Gasteiger partial charge in [0.05, 0.1) is 21.0 Å². The number of rotatable bonds is 4. The topological polar surface area (TPSA) is 42.2 Å². The molecule has 0 N–H and O–H groups in total. The number of piperidine rings is 1. The molecule has 1 aliphatic rings. The standard InChI is InChI=1S/C18H17Cl2N3OS/c19-13-7-6-12(10-14(13)20)11-23-8-2-1-4-15(23)17-21-22-18(24-17)16-5-3-9-25-16/h3,5-7,9-10,15H,1-2,4,8,11H2/t15-/m1/s1. The molecule has 2 aromatic heterocycles. The van der Waals surface area contributed by atoms with Crippen molar-refractivity contribution in [3.05, 3.63) is 57.2 Å². The fraction of sp³-hybridized carbons (Fsp3) is 0.333. The molecule has 7 heteroatoms. The van der Waals surface area contributed by atoms with Crippen molar-refractivity contribution in [1.29, 1.82) is 0 Å². The third-order valence-corrected chi connectivity index (χ3v) is 6.04. The second-order valence-electron chi connectivity index (χ2n) is 6.15. The molecular formula is C18H17Cl2N3OS. The molecule has 1 aromatic carbocycles. The Morgan fingerprint density at radius 3 is 2.88 bits per heavy atom. The molecule has 0 spiro atoms. The van der Waals surface area contributed by atoms with Gasteiger partial charge in [-0.1, -0.05) is 41.8 Å². The summed E-state index contributed by atoms with van der Waals surface area (Å²) in [6.45, 7) is 1.79. The molecule has 0 radical (unpaired) electrons. The van der Waals surface area contributed by atoms with Gasteiger partial charge in [-0.15, -0.1) is 21.5 Å². The summed E-state index contributed by atoms with van der Waals surface area (Å²) in [6.07, 6.45) is 3.36. The van der Waals surface area contributed by atoms with Crippen molar-refractivity contribution in [3.8, 4) is 10.8 Å². The Morgan fingerprint density at radius 1 is 1.16 bits per heavy atom. The van der Waals surface area contributed by atoms with Crippen LogP contribution in [0.3, 0.4) is 0 Å². The lowest BCUT2D eigenvalue weighted by atomic mass is 10.0. The number of hydrogen-bond donors (Lipinski definition) is 0. The minimum Gasteiger partial charge on any atom is -0.418 e. The van der Waals surface area contributed by atoms with Crippen LogP contribution in [0.2, 0.25) is 10.0 Å². The number of hydrogen-bond acceptors (Lipinski definition) is 5. The van der Waals surface area contributed by atoms with Gasteiger partial charge in [-0.3, -0.25) is 4.90 Å². The first-order valence-electron chi connectivity index (χ1n) is 8.26. The molecule has 3 heterocycles. The summed E-state index contributed by atoms with van der Waals surface area (Å²) < 4.78 is 5.98. The smallest absolute Gasteiger partial charge is 0.257 e. The number of nitrogens with zero attached hydrogens (tertiary/aromatic N) is 3. The van der Waals surface area contributed by atoms with E-state index in [-0.39, 0.29) is 6.04 Å². The van der Waals surface area contributed by atoms with E-state index in [2.05, 4.69) is 15.1 Å². The third-order valence-electron chi connectivity index (χ3n) is 4.44. The maximum atomic E-state index is 6.16. The van der Waals surface area contributed by atoms with Crippen LogP contribution >= 0.6 is 34.5 Å². The summed E-state index contributed by atoms with van der Waals surface area (Å²) in [5, 5.41) is 11.7. The minimum atomic E-state index is 0.143. The van der Waals surface area contributed by atoms with Crippen LogP contribution in [0.15, 0.2) is 40.1 Å². The fourth-order valence-corrected chi connectivity index (χ4v) is 4.17. The van der Waals surface area contributed by atoms with Gasteiger partial charge in [-0.05, 0) is 48.5 Å². The fourth-order valence-electron chi connectivity index (χ4n) is 3.20. The Kier molecular flexibility index (Phi) is 5.08. The van der Waals surface area contributed by atoms with Gasteiger partial charge in [0, 0.05) is 6.54 Å². The molecule has 130 valence electrons. The monoisotopic (exact) mass is 393 g/mol. The zero-order valence-electron chi connectivity index (χ0n) is 13.5. The molecule has 0 amide bonds. The molecule has 0 aliphatic carbocycles. The second-order valence-corrected chi connectivity index (χ2v) is 7.92. The maximum absolute atomic E-state index is 6.16. The van der Waals surface area contributed by atoms with E-state index in [1.165, 1.54) is 12.8 Å². The SMILES string of the molecule is Clc1ccc(CN2CCCC[C@@H]2c2nnc(-c3cccs3)o2)cc1Cl. The van der Waals surface area contributed by atoms with Crippen molar-refractivity contribution in [3.63, 3.8) is 0 Å². The largest absolute Gasteiger partial charge is 0.418 e. The van der Waals surface area contributed by atoms with Crippen LogP contribution in [0.1, 0.15) is 36.8 Å². The predicted octanol–water partition coefficient (Wildman–Crippen LogP) is 5.83. The van der Waals surface area contributed by atoms with Crippen LogP contribution in [-0.4, -0.2) is 21.6 Å². The van der Waals surface area contributed by atoms with Crippen molar-refractivity contribution < 1.29 is 4.42 Å². The van der Waals surface area contributed by atoms with Crippen molar-refractivity contribution in [2.45, 2.75) is 31.8 Å². The molecule has 1 fully saturated rings. The Hall–Kier alpha value is -1.40. The van der Waals surface area contributed by atoms with Gasteiger partial charge in [-0.2, -0.15) is 0 Å². The van der Waals surface area contributed by atoms with E-state index in [4.69, 9.17) is 27.6 Å². The van der Waals surface area contributed by atoms with Gasteiger partial charge in [-0.25, -0.2) is 0 Å². The summed E-state index contributed by atoms with van der Waals surface area (Å²) >= 11 is 13.8. The molecule has 0 bridgehead atoms. The number of likely N-dealkylation sites (tertiary alicyclic amines) is 1. The zero-order valence-corrected chi connectivity index (χ0v) is 15.8. The molecule has 0 saturated carbocycles. The molecule has 3 aromatic rings. The molecule has 25 heavy (non-hydrogen) atoms. The number of benzene rings is 1. The van der Waals surface area contributed by atoms with E-state index < -0.39 is 0 Å². The van der Waals surface area contributed by atoms with Crippen LogP contribution in [0.5, 0.6) is 0 Å². The van der Waals surface area contributed by atoms with Crippen LogP contribution in [0.25, 0.3) is 10.8 Å². The first-order chi connectivity index (χ1) is 12.2. The quantitative estimate of drug-likeness (QED) is 0.558. The zero-order chi connectivity index (χ0) is 17.2. The van der Waals surface area contributed by atoms with Crippen LogP contribution in [0, 0.1) is 0 Å². The lowest BCUT2D eigenvalue weighted by Crippen LogP contribution is -2.33. The van der Waals surface area contributed by atoms with Crippen molar-refractivity contribution in [2.24, 2.45) is 0 Å². The Bertz CT molecular complexity index is 850. The average Bonchev–Trinajstić information content (AvgIpc) is 3.30. The first-order valence-corrected chi connectivity index (χ1v) is 9.89. The highest BCUT2D eigenvalue weighted by molar-refractivity contribution is 7.13. The first kappa shape index (κ1) is 17.0. The van der Waals surface area contributed by atoms with Gasteiger partial charge in [0.25, 0.3) is 5.89 Å². The van der Waals surface area contributed by atoms with Gasteiger partial charge < -0.3 is 4.42 Å². The number of aromatic nitrogens is 2. The minimum absolute atomic E-state index is 0.143. The Balaban J connectivity index is 1.55. The molecule has 4 nitrogen and oxygen atoms in total. The van der Waals surface area contributed by atoms with E-state index in [1.807, 2.05) is 35.7 Å². The second kappa shape index (κ2) is 7.46. The maximum Gasteiger partial charge on any atom is 0.257 e. The highest BCUT2D eigenvalue weighted by atomic mass is 35.5. The van der Waals surface area contributed by atoms with E-state index in [0.29, 0.717) is 21.8 Å². The van der Waals surface area contributed by atoms with Gasteiger partial charge in [0.15, 0.2) is 0 Å². The highest BCUT2D eigenvalue weighted by Crippen LogP contribution is 2.34. The lowest BCUT2D eigenvalue weighted by molar-refractivity contribution is 0.118. The van der Waals surface area contributed by atoms with Crippen molar-refractivity contribution >= 4 is 34.5 Å². The summed E-state index contributed by atoms with van der Waals surface area (Å²) in [4.78, 5) is 3.39. The van der Waals surface area contributed by atoms with Crippen LogP contribution in [-0.2, 0) is 6.54 Å². The summed E-state index contributed by atoms with van der Waals surface area (Å²) in [5.41, 5.74) is 1.14. The van der Waals surface area contributed by atoms with E-state index in [0.717, 1.165) is 30.0 Å². The molecule has 1 saturated heterocycles. The van der Waals surface area contributed by atoms with Crippen molar-refractivity contribution in [1.82, 2.24) is 15.1 Å². The molecular weight excluding hydrogens is 377 g/mol. The highest BCUT2D eigenvalue weighted by Gasteiger charge is 2.29. The average molecular weight is 394 g/mol. The number of thiophene rings is 1. The van der Waals surface area contributed by atoms with E-state index >= 15 is 0 Å². The Morgan fingerprint density at radius 2 is 2.08 bits per heavy atom. The lowest BCUT2D eigenvalue weighted by Gasteiger charge is -2.33. The Labute approximate surface area is 160 Å². The van der Waals surface area contributed by atoms with Gasteiger partial charge in [0.2, 0.25) is 5.89 Å². The van der Waals surface area contributed by atoms with Crippen LogP contribution in [0.4, 0.5) is 0 Å². The van der Waals surface area contributed by atoms with Gasteiger partial charge >= 0.3 is 0 Å². The number of halogens is 2. The molecule has 1 atom stereocenters. The summed E-state index contributed by atoms with van der Waals surface area (Å²) in [7, 11) is 0. The molecule has 4 rings (SSSR count). The third kappa shape index (κ3) is 3.75. The van der Waals surface area contributed by atoms with Crippen LogP contribution < -0.4 is 0 Å². The molecule has 0 unspecified atom stereocenters. The van der Waals surface area contributed by atoms with E-state index in [1.54, 1.807) is 11.3 Å². The molecule has 1 aliphatic heterocycles. The summed E-state index contributed by atoms with van der Waals surface area (Å²) in [6, 6.07) is 9.92. The predicted molar refractivity (Wildman–Crippen MR) is 101 cm³/mol. The summed E-state index contributed by atoms with van der Waals surface area (Å²) in [5.74, 6) is 1.30. The van der Waals surface area contributed by atoms with E-state index in [9.17, 15) is 0 Å². The van der Waals surface area contributed by atoms with Gasteiger partial charge in [0.1, 0.15) is 0 Å².